The molecule has 7 nitrogen and oxygen atoms in total. The fourth-order valence-electron chi connectivity index (χ4n) is 2.98. The van der Waals surface area contributed by atoms with E-state index in [4.69, 9.17) is 27.6 Å². The largest absolute Gasteiger partial charge is 0.457 e. The van der Waals surface area contributed by atoms with Crippen LogP contribution in [0.3, 0.4) is 0 Å². The van der Waals surface area contributed by atoms with Crippen molar-refractivity contribution >= 4 is 57.9 Å². The molecule has 0 spiro atoms. The number of furan rings is 1. The monoisotopic (exact) mass is 492 g/mol. The number of non-ortho nitro benzene ring substituents is 1. The van der Waals surface area contributed by atoms with Crippen LogP contribution in [0.2, 0.25) is 10.0 Å². The van der Waals surface area contributed by atoms with Gasteiger partial charge in [0.2, 0.25) is 0 Å². The van der Waals surface area contributed by atoms with Gasteiger partial charge in [-0.2, -0.15) is 0 Å². The van der Waals surface area contributed by atoms with Crippen molar-refractivity contribution < 1.29 is 23.3 Å². The van der Waals surface area contributed by atoms with Crippen LogP contribution < -0.4 is 0 Å². The molecule has 4 rings (SSSR count). The first-order chi connectivity index (χ1) is 15.2. The number of benzene rings is 2. The molecule has 3 aromatic rings. The maximum Gasteiger partial charge on any atom is 0.293 e. The zero-order valence-electron chi connectivity index (χ0n) is 15.9. The maximum absolute atomic E-state index is 13.2. The normalized spacial score (nSPS) is 15.1. The summed E-state index contributed by atoms with van der Waals surface area (Å²) in [5, 5.41) is 10.6. The lowest BCUT2D eigenvalue weighted by Gasteiger charge is -2.13. The predicted molar refractivity (Wildman–Crippen MR) is 119 cm³/mol. The molecule has 1 aromatic heterocycles. The van der Waals surface area contributed by atoms with Crippen LogP contribution in [-0.2, 0) is 11.3 Å². The van der Waals surface area contributed by atoms with Gasteiger partial charge in [0.05, 0.1) is 21.4 Å². The summed E-state index contributed by atoms with van der Waals surface area (Å²) in [7, 11) is 0. The molecule has 0 N–H and O–H groups in total. The van der Waals surface area contributed by atoms with Crippen molar-refractivity contribution in [2.24, 2.45) is 0 Å². The van der Waals surface area contributed by atoms with Gasteiger partial charge in [-0.05, 0) is 47.7 Å². The van der Waals surface area contributed by atoms with E-state index in [9.17, 15) is 24.1 Å². The number of halogens is 3. The number of carbonyl (C=O) groups is 2. The van der Waals surface area contributed by atoms with Crippen molar-refractivity contribution in [3.05, 3.63) is 90.7 Å². The lowest BCUT2D eigenvalue weighted by Crippen LogP contribution is -2.27. The Labute approximate surface area is 194 Å². The molecule has 0 unspecified atom stereocenters. The fourth-order valence-corrected chi connectivity index (χ4v) is 4.29. The fraction of sp³-hybridized carbons (Fsp3) is 0.0476. The highest BCUT2D eigenvalue weighted by Crippen LogP contribution is 2.36. The third-order valence-electron chi connectivity index (χ3n) is 4.55. The van der Waals surface area contributed by atoms with Gasteiger partial charge in [-0.1, -0.05) is 29.3 Å². The zero-order valence-corrected chi connectivity index (χ0v) is 18.2. The SMILES string of the molecule is O=C1S/C(=C\c2ccc(-c3ccc([N+](=O)[O-])cc3Cl)o2)C(=O)N1Cc1ccc(F)cc1Cl. The molecule has 1 aliphatic rings. The number of rotatable bonds is 5. The topological polar surface area (TPSA) is 93.7 Å². The predicted octanol–water partition coefficient (Wildman–Crippen LogP) is 6.54. The molecule has 0 saturated carbocycles. The highest BCUT2D eigenvalue weighted by Gasteiger charge is 2.35. The summed E-state index contributed by atoms with van der Waals surface area (Å²) >= 11 is 12.9. The Morgan fingerprint density at radius 3 is 2.56 bits per heavy atom. The first-order valence-electron chi connectivity index (χ1n) is 8.96. The number of carbonyl (C=O) groups excluding carboxylic acids is 2. The second-order valence-corrected chi connectivity index (χ2v) is 8.43. The molecule has 0 radical (unpaired) electrons. The molecule has 0 bridgehead atoms. The van der Waals surface area contributed by atoms with Gasteiger partial charge in [-0.3, -0.25) is 24.6 Å². The standard InChI is InChI=1S/C21H11Cl2FN2O5S/c22-16-7-12(24)2-1-11(16)10-25-20(27)19(32-21(25)28)9-14-4-6-18(31-14)15-5-3-13(26(29)30)8-17(15)23/h1-9H,10H2/b19-9-. The average Bonchev–Trinajstić information content (AvgIpc) is 3.29. The van der Waals surface area contributed by atoms with Crippen LogP contribution in [-0.4, -0.2) is 21.0 Å². The molecule has 11 heteroatoms. The van der Waals surface area contributed by atoms with Gasteiger partial charge in [0.15, 0.2) is 0 Å². The minimum Gasteiger partial charge on any atom is -0.457 e. The third kappa shape index (κ3) is 4.40. The van der Waals surface area contributed by atoms with E-state index in [0.29, 0.717) is 22.6 Å². The second-order valence-electron chi connectivity index (χ2n) is 6.63. The number of hydrogen-bond acceptors (Lipinski definition) is 6. The first-order valence-corrected chi connectivity index (χ1v) is 10.5. The van der Waals surface area contributed by atoms with Gasteiger partial charge in [-0.15, -0.1) is 0 Å². The van der Waals surface area contributed by atoms with E-state index in [1.165, 1.54) is 36.4 Å². The summed E-state index contributed by atoms with van der Waals surface area (Å²) in [5.41, 5.74) is 0.723. The number of nitrogens with zero attached hydrogens (tertiary/aromatic N) is 2. The minimum absolute atomic E-state index is 0.0943. The van der Waals surface area contributed by atoms with E-state index in [1.54, 1.807) is 12.1 Å². The number of thioether (sulfide) groups is 1. The van der Waals surface area contributed by atoms with E-state index >= 15 is 0 Å². The Bertz CT molecular complexity index is 1310. The number of nitro benzene ring substituents is 1. The van der Waals surface area contributed by atoms with Crippen LogP contribution in [0.15, 0.2) is 57.9 Å². The van der Waals surface area contributed by atoms with Crippen LogP contribution in [0, 0.1) is 15.9 Å². The molecular weight excluding hydrogens is 482 g/mol. The van der Waals surface area contributed by atoms with Crippen molar-refractivity contribution in [1.82, 2.24) is 4.90 Å². The van der Waals surface area contributed by atoms with E-state index in [-0.39, 0.29) is 27.2 Å². The number of hydrogen-bond donors (Lipinski definition) is 0. The Kier molecular flexibility index (Phi) is 6.05. The summed E-state index contributed by atoms with van der Waals surface area (Å²) in [6.45, 7) is -0.0943. The van der Waals surface area contributed by atoms with E-state index in [2.05, 4.69) is 0 Å². The Morgan fingerprint density at radius 2 is 1.88 bits per heavy atom. The van der Waals surface area contributed by atoms with Crippen LogP contribution in [0.5, 0.6) is 0 Å². The van der Waals surface area contributed by atoms with E-state index in [1.807, 2.05) is 0 Å². The Morgan fingerprint density at radius 1 is 1.09 bits per heavy atom. The summed E-state index contributed by atoms with van der Waals surface area (Å²) in [6.07, 6.45) is 1.42. The minimum atomic E-state index is -0.557. The van der Waals surface area contributed by atoms with E-state index < -0.39 is 21.9 Å². The first kappa shape index (κ1) is 22.1. The zero-order chi connectivity index (χ0) is 23.0. The van der Waals surface area contributed by atoms with Gasteiger partial charge in [-0.25, -0.2) is 4.39 Å². The van der Waals surface area contributed by atoms with Gasteiger partial charge in [0.25, 0.3) is 16.8 Å². The van der Waals surface area contributed by atoms with Gasteiger partial charge >= 0.3 is 0 Å². The molecule has 1 saturated heterocycles. The van der Waals surface area contributed by atoms with Crippen LogP contribution in [0.4, 0.5) is 14.9 Å². The molecule has 32 heavy (non-hydrogen) atoms. The molecule has 162 valence electrons. The highest BCUT2D eigenvalue weighted by molar-refractivity contribution is 8.18. The average molecular weight is 493 g/mol. The van der Waals surface area contributed by atoms with Gasteiger partial charge in [0.1, 0.15) is 17.3 Å². The molecular formula is C21H11Cl2FN2O5S. The highest BCUT2D eigenvalue weighted by atomic mass is 35.5. The summed E-state index contributed by atoms with van der Waals surface area (Å²) in [6, 6.07) is 10.9. The van der Waals surface area contributed by atoms with Gasteiger partial charge < -0.3 is 4.42 Å². The van der Waals surface area contributed by atoms with Crippen molar-refractivity contribution in [2.75, 3.05) is 0 Å². The molecule has 2 heterocycles. The van der Waals surface area contributed by atoms with Crippen LogP contribution >= 0.6 is 35.0 Å². The third-order valence-corrected chi connectivity index (χ3v) is 6.12. The van der Waals surface area contributed by atoms with Crippen LogP contribution in [0.25, 0.3) is 17.4 Å². The lowest BCUT2D eigenvalue weighted by molar-refractivity contribution is -0.384. The summed E-state index contributed by atoms with van der Waals surface area (Å²) in [5.74, 6) is -0.422. The van der Waals surface area contributed by atoms with Crippen molar-refractivity contribution in [2.45, 2.75) is 6.54 Å². The number of amides is 2. The molecule has 0 atom stereocenters. The summed E-state index contributed by atoms with van der Waals surface area (Å²) in [4.78, 5) is 36.5. The molecule has 0 aliphatic carbocycles. The van der Waals surface area contributed by atoms with E-state index in [0.717, 1.165) is 22.7 Å². The quantitative estimate of drug-likeness (QED) is 0.228. The second kappa shape index (κ2) is 8.78. The Balaban J connectivity index is 1.55. The summed E-state index contributed by atoms with van der Waals surface area (Å²) < 4.78 is 18.9. The lowest BCUT2D eigenvalue weighted by atomic mass is 10.1. The molecule has 1 aliphatic heterocycles. The van der Waals surface area contributed by atoms with Crippen molar-refractivity contribution in [3.8, 4) is 11.3 Å². The Hall–Kier alpha value is -3.14. The molecule has 1 fully saturated rings. The smallest absolute Gasteiger partial charge is 0.293 e. The van der Waals surface area contributed by atoms with Gasteiger partial charge in [0, 0.05) is 28.8 Å². The maximum atomic E-state index is 13.2. The van der Waals surface area contributed by atoms with Crippen molar-refractivity contribution in [3.63, 3.8) is 0 Å². The van der Waals surface area contributed by atoms with Crippen LogP contribution in [0.1, 0.15) is 11.3 Å². The molecule has 2 amide bonds. The van der Waals surface area contributed by atoms with Crippen molar-refractivity contribution in [1.29, 1.82) is 0 Å². The molecule has 2 aromatic carbocycles. The number of nitro groups is 1. The number of imide groups is 1.